The van der Waals surface area contributed by atoms with E-state index in [9.17, 15) is 0 Å². The van der Waals surface area contributed by atoms with Crippen molar-refractivity contribution in [2.75, 3.05) is 11.6 Å². The fourth-order valence-electron chi connectivity index (χ4n) is 4.98. The highest BCUT2D eigenvalue weighted by Crippen LogP contribution is 2.37. The molecule has 4 aromatic carbocycles. The number of para-hydroxylation sites is 1. The van der Waals surface area contributed by atoms with Gasteiger partial charge in [-0.3, -0.25) is 5.01 Å². The summed E-state index contributed by atoms with van der Waals surface area (Å²) < 4.78 is 12.3. The summed E-state index contributed by atoms with van der Waals surface area (Å²) in [6.07, 6.45) is 1.64. The van der Waals surface area contributed by atoms with Gasteiger partial charge in [0.25, 0.3) is 0 Å². The Bertz CT molecular complexity index is 1400. The molecule has 1 unspecified atom stereocenters. The van der Waals surface area contributed by atoms with E-state index in [1.54, 1.807) is 0 Å². The van der Waals surface area contributed by atoms with Gasteiger partial charge < -0.3 is 9.47 Å². The molecular formula is C36H40N2O2. The molecule has 0 radical (unpaired) electrons. The Balaban J connectivity index is 1.33. The molecule has 40 heavy (non-hydrogen) atoms. The molecule has 1 aliphatic rings. The Morgan fingerprint density at radius 2 is 1.27 bits per heavy atom. The highest BCUT2D eigenvalue weighted by atomic mass is 16.5. The van der Waals surface area contributed by atoms with Crippen LogP contribution in [0.5, 0.6) is 5.75 Å². The van der Waals surface area contributed by atoms with Crippen molar-refractivity contribution in [3.63, 3.8) is 0 Å². The van der Waals surface area contributed by atoms with Gasteiger partial charge in [-0.1, -0.05) is 84.9 Å². The number of hydrazone groups is 1. The summed E-state index contributed by atoms with van der Waals surface area (Å²) in [7, 11) is 0. The van der Waals surface area contributed by atoms with Gasteiger partial charge in [-0.25, -0.2) is 0 Å². The molecule has 0 spiro atoms. The van der Waals surface area contributed by atoms with Crippen LogP contribution in [0.1, 0.15) is 64.6 Å². The molecular weight excluding hydrogens is 492 g/mol. The highest BCUT2D eigenvalue weighted by molar-refractivity contribution is 6.03. The molecule has 206 valence electrons. The van der Waals surface area contributed by atoms with Crippen molar-refractivity contribution >= 4 is 11.4 Å². The third kappa shape index (κ3) is 7.00. The fourth-order valence-corrected chi connectivity index (χ4v) is 4.98. The van der Waals surface area contributed by atoms with Gasteiger partial charge in [0, 0.05) is 12.8 Å². The molecule has 4 nitrogen and oxygen atoms in total. The SMILES string of the molecule is CC(C)(C)OCCC(C)(C)Oc1ccc(C2CC(c3ccc(-c4ccccc4)cc3)=NN2c2ccccc2)cc1. The van der Waals surface area contributed by atoms with E-state index in [0.29, 0.717) is 6.61 Å². The standard InChI is InChI=1S/C36H40N2O2/c1-35(2,3)39-25-24-36(4,5)40-32-22-20-30(21-23-32)34-26-33(37-38(34)31-14-10-7-11-15-31)29-18-16-28(17-19-29)27-12-8-6-9-13-27/h6-23,34H,24-26H2,1-5H3. The van der Waals surface area contributed by atoms with Crippen LogP contribution in [-0.2, 0) is 4.74 Å². The zero-order chi connectivity index (χ0) is 28.2. The van der Waals surface area contributed by atoms with Crippen LogP contribution in [-0.4, -0.2) is 23.5 Å². The van der Waals surface area contributed by atoms with Crippen LogP contribution in [0.4, 0.5) is 5.69 Å². The first-order valence-electron chi connectivity index (χ1n) is 14.2. The second-order valence-electron chi connectivity index (χ2n) is 12.0. The Kier molecular flexibility index (Phi) is 8.09. The fraction of sp³-hybridized carbons (Fsp3) is 0.306. The molecule has 1 heterocycles. The third-order valence-corrected chi connectivity index (χ3v) is 7.15. The molecule has 4 aromatic rings. The van der Waals surface area contributed by atoms with Crippen molar-refractivity contribution in [3.05, 3.63) is 120 Å². The topological polar surface area (TPSA) is 34.1 Å². The number of nitrogens with zero attached hydrogens (tertiary/aromatic N) is 2. The smallest absolute Gasteiger partial charge is 0.120 e. The molecule has 4 heteroatoms. The van der Waals surface area contributed by atoms with Crippen LogP contribution in [0.15, 0.2) is 114 Å². The second kappa shape index (κ2) is 11.7. The lowest BCUT2D eigenvalue weighted by atomic mass is 9.96. The summed E-state index contributed by atoms with van der Waals surface area (Å²) in [4.78, 5) is 0. The molecule has 0 fully saturated rings. The van der Waals surface area contributed by atoms with Crippen molar-refractivity contribution in [2.24, 2.45) is 5.10 Å². The number of benzene rings is 4. The van der Waals surface area contributed by atoms with E-state index >= 15 is 0 Å². The predicted octanol–water partition coefficient (Wildman–Crippen LogP) is 9.07. The quantitative estimate of drug-likeness (QED) is 0.216. The monoisotopic (exact) mass is 532 g/mol. The van der Waals surface area contributed by atoms with Gasteiger partial charge in [-0.05, 0) is 81.1 Å². The van der Waals surface area contributed by atoms with Crippen molar-refractivity contribution in [3.8, 4) is 16.9 Å². The first kappa shape index (κ1) is 27.7. The third-order valence-electron chi connectivity index (χ3n) is 7.15. The summed E-state index contributed by atoms with van der Waals surface area (Å²) in [5.74, 6) is 0.867. The maximum atomic E-state index is 6.36. The Morgan fingerprint density at radius 1 is 0.700 bits per heavy atom. The lowest BCUT2D eigenvalue weighted by molar-refractivity contribution is -0.0292. The van der Waals surface area contributed by atoms with E-state index < -0.39 is 0 Å². The summed E-state index contributed by atoms with van der Waals surface area (Å²) >= 11 is 0. The van der Waals surface area contributed by atoms with E-state index in [0.717, 1.165) is 35.6 Å². The van der Waals surface area contributed by atoms with Crippen molar-refractivity contribution in [1.29, 1.82) is 0 Å². The van der Waals surface area contributed by atoms with Gasteiger partial charge in [0.15, 0.2) is 0 Å². The minimum absolute atomic E-state index is 0.105. The summed E-state index contributed by atoms with van der Waals surface area (Å²) in [6, 6.07) is 38.3. The minimum Gasteiger partial charge on any atom is -0.488 e. The molecule has 5 rings (SSSR count). The average Bonchev–Trinajstić information content (AvgIpc) is 3.39. The van der Waals surface area contributed by atoms with Crippen LogP contribution in [0.3, 0.4) is 0 Å². The van der Waals surface area contributed by atoms with E-state index in [2.05, 4.69) is 137 Å². The lowest BCUT2D eigenvalue weighted by Gasteiger charge is -2.29. The van der Waals surface area contributed by atoms with E-state index in [1.165, 1.54) is 16.7 Å². The van der Waals surface area contributed by atoms with Crippen molar-refractivity contribution in [1.82, 2.24) is 0 Å². The first-order valence-corrected chi connectivity index (χ1v) is 14.2. The zero-order valence-electron chi connectivity index (χ0n) is 24.3. The van der Waals surface area contributed by atoms with Gasteiger partial charge in [0.1, 0.15) is 11.4 Å². The number of hydrogen-bond donors (Lipinski definition) is 0. The largest absolute Gasteiger partial charge is 0.488 e. The maximum absolute atomic E-state index is 6.36. The Hall–Kier alpha value is -3.89. The van der Waals surface area contributed by atoms with Crippen LogP contribution >= 0.6 is 0 Å². The van der Waals surface area contributed by atoms with Gasteiger partial charge in [0.2, 0.25) is 0 Å². The van der Waals surface area contributed by atoms with Crippen LogP contribution in [0.2, 0.25) is 0 Å². The van der Waals surface area contributed by atoms with Crippen LogP contribution in [0.25, 0.3) is 11.1 Å². The van der Waals surface area contributed by atoms with Gasteiger partial charge >= 0.3 is 0 Å². The van der Waals surface area contributed by atoms with E-state index in [4.69, 9.17) is 14.6 Å². The maximum Gasteiger partial charge on any atom is 0.120 e. The highest BCUT2D eigenvalue weighted by Gasteiger charge is 2.30. The van der Waals surface area contributed by atoms with Gasteiger partial charge in [-0.2, -0.15) is 5.10 Å². The number of hydrogen-bond acceptors (Lipinski definition) is 4. The molecule has 0 N–H and O–H groups in total. The lowest BCUT2D eigenvalue weighted by Crippen LogP contribution is -2.32. The Labute approximate surface area is 239 Å². The minimum atomic E-state index is -0.321. The summed E-state index contributed by atoms with van der Waals surface area (Å²) in [6.45, 7) is 11.1. The van der Waals surface area contributed by atoms with Crippen LogP contribution in [0, 0.1) is 0 Å². The van der Waals surface area contributed by atoms with Gasteiger partial charge in [0.05, 0.1) is 29.6 Å². The molecule has 0 aliphatic carbocycles. The second-order valence-corrected chi connectivity index (χ2v) is 12.0. The van der Waals surface area contributed by atoms with Crippen molar-refractivity contribution in [2.45, 2.75) is 64.7 Å². The summed E-state index contributed by atoms with van der Waals surface area (Å²) in [5.41, 5.74) is 6.51. The Morgan fingerprint density at radius 3 is 1.90 bits per heavy atom. The molecule has 0 saturated heterocycles. The number of rotatable bonds is 9. The normalized spacial score (nSPS) is 15.7. The van der Waals surface area contributed by atoms with Gasteiger partial charge in [-0.15, -0.1) is 0 Å². The molecule has 0 amide bonds. The summed E-state index contributed by atoms with van der Waals surface area (Å²) in [5, 5.41) is 7.29. The first-order chi connectivity index (χ1) is 19.2. The predicted molar refractivity (Wildman–Crippen MR) is 166 cm³/mol. The molecule has 0 bridgehead atoms. The zero-order valence-corrected chi connectivity index (χ0v) is 24.3. The van der Waals surface area contributed by atoms with E-state index in [1.807, 2.05) is 12.1 Å². The molecule has 1 aliphatic heterocycles. The molecule has 0 saturated carbocycles. The number of ether oxygens (including phenoxy) is 2. The number of anilines is 1. The van der Waals surface area contributed by atoms with E-state index in [-0.39, 0.29) is 17.2 Å². The van der Waals surface area contributed by atoms with Crippen LogP contribution < -0.4 is 9.75 Å². The average molecular weight is 533 g/mol. The molecule has 0 aromatic heterocycles. The molecule has 1 atom stereocenters. The van der Waals surface area contributed by atoms with Crippen molar-refractivity contribution < 1.29 is 9.47 Å².